The van der Waals surface area contributed by atoms with Gasteiger partial charge in [-0.25, -0.2) is 4.79 Å². The maximum absolute atomic E-state index is 11.9. The van der Waals surface area contributed by atoms with Gasteiger partial charge in [0.2, 0.25) is 0 Å². The molecule has 0 aliphatic carbocycles. The molecule has 0 bridgehead atoms. The number of nitrogens with zero attached hydrogens (tertiary/aromatic N) is 1. The Morgan fingerprint density at radius 1 is 1.17 bits per heavy atom. The van der Waals surface area contributed by atoms with Crippen molar-refractivity contribution in [2.24, 2.45) is 0 Å². The number of aliphatic carboxylic acids is 1. The first kappa shape index (κ1) is 19.7. The Morgan fingerprint density at radius 2 is 1.83 bits per heavy atom. The van der Waals surface area contributed by atoms with Gasteiger partial charge in [0, 0.05) is 6.61 Å². The molecule has 0 atom stereocenters. The van der Waals surface area contributed by atoms with E-state index in [4.69, 9.17) is 19.3 Å². The van der Waals surface area contributed by atoms with Crippen molar-refractivity contribution in [2.75, 3.05) is 32.9 Å². The molecule has 1 N–H and O–H groups in total. The number of carbonyl (C=O) groups excluding carboxylic acids is 1. The van der Waals surface area contributed by atoms with Gasteiger partial charge in [0.25, 0.3) is 0 Å². The van der Waals surface area contributed by atoms with E-state index in [9.17, 15) is 9.59 Å². The van der Waals surface area contributed by atoms with Crippen LogP contribution < -0.4 is 0 Å². The Morgan fingerprint density at radius 3 is 2.35 bits per heavy atom. The van der Waals surface area contributed by atoms with Crippen molar-refractivity contribution >= 4 is 12.1 Å². The molecule has 1 fully saturated rings. The zero-order chi connectivity index (χ0) is 17.5. The molecule has 0 unspecified atom stereocenters. The van der Waals surface area contributed by atoms with E-state index in [1.54, 1.807) is 20.8 Å². The Kier molecular flexibility index (Phi) is 7.28. The number of hydrogen-bond donors (Lipinski definition) is 1. The van der Waals surface area contributed by atoms with Crippen LogP contribution in [0, 0.1) is 0 Å². The van der Waals surface area contributed by atoms with Gasteiger partial charge < -0.3 is 24.2 Å². The van der Waals surface area contributed by atoms with Crippen LogP contribution in [-0.4, -0.2) is 66.2 Å². The maximum atomic E-state index is 11.9. The first-order valence-corrected chi connectivity index (χ1v) is 8.09. The molecule has 0 spiro atoms. The van der Waals surface area contributed by atoms with Gasteiger partial charge in [-0.2, -0.15) is 0 Å². The summed E-state index contributed by atoms with van der Waals surface area (Å²) in [7, 11) is 0. The lowest BCUT2D eigenvalue weighted by Crippen LogP contribution is -2.66. The average molecular weight is 331 g/mol. The van der Waals surface area contributed by atoms with Crippen molar-refractivity contribution in [3.63, 3.8) is 0 Å². The van der Waals surface area contributed by atoms with Crippen LogP contribution in [0.25, 0.3) is 0 Å². The number of carbonyl (C=O) groups is 2. The van der Waals surface area contributed by atoms with Crippen molar-refractivity contribution < 1.29 is 28.9 Å². The highest BCUT2D eigenvalue weighted by Crippen LogP contribution is 2.30. The summed E-state index contributed by atoms with van der Waals surface area (Å²) in [4.78, 5) is 24.4. The Hall–Kier alpha value is -1.34. The molecule has 0 aromatic carbocycles. The third-order valence-electron chi connectivity index (χ3n) is 3.36. The molecule has 7 heteroatoms. The highest BCUT2D eigenvalue weighted by atomic mass is 16.6. The minimum atomic E-state index is -0.944. The smallest absolute Gasteiger partial charge is 0.410 e. The van der Waals surface area contributed by atoms with Crippen LogP contribution in [0.5, 0.6) is 0 Å². The van der Waals surface area contributed by atoms with Crippen molar-refractivity contribution in [3.8, 4) is 0 Å². The number of ether oxygens (including phenoxy) is 3. The zero-order valence-corrected chi connectivity index (χ0v) is 14.6. The van der Waals surface area contributed by atoms with E-state index in [2.05, 4.69) is 6.92 Å². The van der Waals surface area contributed by atoms with Gasteiger partial charge in [0.1, 0.15) is 11.2 Å². The van der Waals surface area contributed by atoms with E-state index in [0.29, 0.717) is 19.8 Å². The van der Waals surface area contributed by atoms with Crippen molar-refractivity contribution in [3.05, 3.63) is 0 Å². The lowest BCUT2D eigenvalue weighted by atomic mass is 9.90. The van der Waals surface area contributed by atoms with E-state index in [1.807, 2.05) is 0 Å². The normalized spacial score (nSPS) is 16.8. The summed E-state index contributed by atoms with van der Waals surface area (Å²) < 4.78 is 16.4. The molecule has 23 heavy (non-hydrogen) atoms. The second kappa shape index (κ2) is 8.49. The van der Waals surface area contributed by atoms with E-state index in [-0.39, 0.29) is 19.5 Å². The molecule has 0 radical (unpaired) electrons. The van der Waals surface area contributed by atoms with Gasteiger partial charge >= 0.3 is 12.1 Å². The average Bonchev–Trinajstić information content (AvgIpc) is 2.36. The molecular formula is C16H29NO6. The van der Waals surface area contributed by atoms with Gasteiger partial charge in [0.05, 0.1) is 32.7 Å². The van der Waals surface area contributed by atoms with Gasteiger partial charge in [-0.05, 0) is 27.2 Å². The van der Waals surface area contributed by atoms with Crippen molar-refractivity contribution in [2.45, 2.75) is 58.2 Å². The Labute approximate surface area is 137 Å². The summed E-state index contributed by atoms with van der Waals surface area (Å²) in [5, 5.41) is 9.05. The van der Waals surface area contributed by atoms with Gasteiger partial charge in [-0.3, -0.25) is 4.79 Å². The van der Waals surface area contributed by atoms with E-state index < -0.39 is 23.3 Å². The maximum Gasteiger partial charge on any atom is 0.410 e. The molecule has 134 valence electrons. The summed E-state index contributed by atoms with van der Waals surface area (Å²) >= 11 is 0. The molecule has 1 aliphatic rings. The summed E-state index contributed by atoms with van der Waals surface area (Å²) in [6.07, 6.45) is 1.48. The summed E-state index contributed by atoms with van der Waals surface area (Å²) in [5.41, 5.74) is -1.41. The molecule has 0 saturated carbocycles. The minimum absolute atomic E-state index is 0.138. The third-order valence-corrected chi connectivity index (χ3v) is 3.36. The summed E-state index contributed by atoms with van der Waals surface area (Å²) in [6.45, 7) is 9.33. The first-order chi connectivity index (χ1) is 10.7. The fourth-order valence-electron chi connectivity index (χ4n) is 2.30. The fourth-order valence-corrected chi connectivity index (χ4v) is 2.30. The van der Waals surface area contributed by atoms with Gasteiger partial charge in [-0.15, -0.1) is 0 Å². The van der Waals surface area contributed by atoms with Crippen LogP contribution in [0.15, 0.2) is 0 Å². The van der Waals surface area contributed by atoms with Crippen LogP contribution in [0.1, 0.15) is 47.0 Å². The molecular weight excluding hydrogens is 302 g/mol. The van der Waals surface area contributed by atoms with Crippen molar-refractivity contribution in [1.29, 1.82) is 0 Å². The van der Waals surface area contributed by atoms with Crippen LogP contribution >= 0.6 is 0 Å². The predicted octanol–water partition coefficient (Wildman–Crippen LogP) is 2.28. The summed E-state index contributed by atoms with van der Waals surface area (Å²) in [5.74, 6) is -0.944. The van der Waals surface area contributed by atoms with E-state index in [0.717, 1.165) is 12.8 Å². The van der Waals surface area contributed by atoms with Crippen LogP contribution in [0.4, 0.5) is 4.79 Å². The van der Waals surface area contributed by atoms with Crippen LogP contribution in [0.2, 0.25) is 0 Å². The molecule has 1 amide bonds. The molecule has 1 rings (SSSR count). The van der Waals surface area contributed by atoms with Crippen molar-refractivity contribution in [1.82, 2.24) is 4.90 Å². The quantitative estimate of drug-likeness (QED) is 0.652. The fraction of sp³-hybridized carbons (Fsp3) is 0.875. The number of likely N-dealkylation sites (tertiary alicyclic amines) is 1. The molecule has 7 nitrogen and oxygen atoms in total. The highest BCUT2D eigenvalue weighted by Gasteiger charge is 2.49. The Balaban J connectivity index is 2.40. The standard InChI is InChI=1S/C16H29NO6/c1-5-6-7-21-8-9-22-16(10-13(18)19)11-17(12-16)14(20)23-15(2,3)4/h5-12H2,1-4H3,(H,18,19). The number of unbranched alkanes of at least 4 members (excludes halogenated alkanes) is 1. The van der Waals surface area contributed by atoms with Gasteiger partial charge in [-0.1, -0.05) is 13.3 Å². The first-order valence-electron chi connectivity index (χ1n) is 8.09. The SMILES string of the molecule is CCCCOCCOC1(CC(=O)O)CN(C(=O)OC(C)(C)C)C1. The van der Waals surface area contributed by atoms with Gasteiger partial charge in [0.15, 0.2) is 0 Å². The predicted molar refractivity (Wildman–Crippen MR) is 84.5 cm³/mol. The largest absolute Gasteiger partial charge is 0.481 e. The third kappa shape index (κ3) is 7.18. The number of carboxylic acids is 1. The van der Waals surface area contributed by atoms with E-state index in [1.165, 1.54) is 4.90 Å². The lowest BCUT2D eigenvalue weighted by molar-refractivity contribution is -0.170. The monoisotopic (exact) mass is 331 g/mol. The summed E-state index contributed by atoms with van der Waals surface area (Å²) in [6, 6.07) is 0. The lowest BCUT2D eigenvalue weighted by Gasteiger charge is -2.48. The molecule has 1 aliphatic heterocycles. The van der Waals surface area contributed by atoms with Crippen LogP contribution in [0.3, 0.4) is 0 Å². The Bertz CT molecular complexity index is 398. The van der Waals surface area contributed by atoms with Crippen LogP contribution in [-0.2, 0) is 19.0 Å². The zero-order valence-electron chi connectivity index (χ0n) is 14.6. The highest BCUT2D eigenvalue weighted by molar-refractivity contribution is 5.72. The number of amides is 1. The second-order valence-electron chi connectivity index (χ2n) is 6.90. The molecule has 1 saturated heterocycles. The molecule has 0 aromatic rings. The molecule has 1 heterocycles. The number of rotatable bonds is 9. The van der Waals surface area contributed by atoms with E-state index >= 15 is 0 Å². The number of carboxylic acid groups (broad SMARTS) is 1. The second-order valence-corrected chi connectivity index (χ2v) is 6.90. The number of hydrogen-bond acceptors (Lipinski definition) is 5. The minimum Gasteiger partial charge on any atom is -0.481 e. The topological polar surface area (TPSA) is 85.3 Å². The molecule has 0 aromatic heterocycles.